The molecule has 0 fully saturated rings. The summed E-state index contributed by atoms with van der Waals surface area (Å²) >= 11 is 0. The number of alkyl halides is 3. The van der Waals surface area contributed by atoms with Crippen molar-refractivity contribution < 1.29 is 13.2 Å². The molecule has 2 aromatic carbocycles. The number of halogens is 3. The smallest absolute Gasteiger partial charge is 0.279 e. The number of benzene rings is 2. The summed E-state index contributed by atoms with van der Waals surface area (Å²) < 4.78 is 37.1. The fourth-order valence-electron chi connectivity index (χ4n) is 1.57. The normalized spacial score (nSPS) is 11.8. The minimum atomic E-state index is -4.32. The molecule has 0 aromatic heterocycles. The van der Waals surface area contributed by atoms with Gasteiger partial charge in [-0.2, -0.15) is 18.3 Å². The highest BCUT2D eigenvalue weighted by Crippen LogP contribution is 2.29. The molecule has 1 N–H and O–H groups in total. The zero-order chi connectivity index (χ0) is 14.6. The topological polar surface area (TPSA) is 24.4 Å². The highest BCUT2D eigenvalue weighted by molar-refractivity contribution is 5.80. The van der Waals surface area contributed by atoms with E-state index in [0.717, 1.165) is 23.3 Å². The lowest BCUT2D eigenvalue weighted by atomic mass is 10.2. The van der Waals surface area contributed by atoms with Crippen molar-refractivity contribution in [1.82, 2.24) is 0 Å². The van der Waals surface area contributed by atoms with Gasteiger partial charge in [0, 0.05) is 0 Å². The van der Waals surface area contributed by atoms with Gasteiger partial charge in [-0.05, 0) is 36.8 Å². The van der Waals surface area contributed by atoms with Crippen LogP contribution in [0.3, 0.4) is 0 Å². The largest absolute Gasteiger partial charge is 0.416 e. The maximum atomic E-state index is 12.4. The predicted octanol–water partition coefficient (Wildman–Crippen LogP) is 4.46. The SMILES string of the molecule is Cc1ccc(C=NNc2ccc(C(F)(F)F)cc2)cc1. The Hall–Kier alpha value is -2.30. The van der Waals surface area contributed by atoms with E-state index in [4.69, 9.17) is 0 Å². The summed E-state index contributed by atoms with van der Waals surface area (Å²) in [5.74, 6) is 0. The van der Waals surface area contributed by atoms with Gasteiger partial charge in [-0.1, -0.05) is 29.8 Å². The Labute approximate surface area is 114 Å². The van der Waals surface area contributed by atoms with Gasteiger partial charge in [0.05, 0.1) is 17.5 Å². The number of nitrogens with zero attached hydrogens (tertiary/aromatic N) is 1. The molecule has 5 heteroatoms. The molecule has 0 amide bonds. The van der Waals surface area contributed by atoms with Crippen LogP contribution in [-0.4, -0.2) is 6.21 Å². The Morgan fingerprint density at radius 1 is 0.950 bits per heavy atom. The number of aryl methyl sites for hydroxylation is 1. The van der Waals surface area contributed by atoms with Crippen LogP contribution in [0.15, 0.2) is 53.6 Å². The molecule has 0 spiro atoms. The van der Waals surface area contributed by atoms with Crippen LogP contribution in [0.4, 0.5) is 18.9 Å². The third kappa shape index (κ3) is 3.85. The lowest BCUT2D eigenvalue weighted by Crippen LogP contribution is -2.04. The highest BCUT2D eigenvalue weighted by Gasteiger charge is 2.29. The van der Waals surface area contributed by atoms with Crippen molar-refractivity contribution in [2.75, 3.05) is 5.43 Å². The third-order valence-electron chi connectivity index (χ3n) is 2.70. The van der Waals surface area contributed by atoms with Crippen LogP contribution in [0, 0.1) is 6.92 Å². The summed E-state index contributed by atoms with van der Waals surface area (Å²) in [5, 5.41) is 3.98. The lowest BCUT2D eigenvalue weighted by molar-refractivity contribution is -0.137. The summed E-state index contributed by atoms with van der Waals surface area (Å²) in [7, 11) is 0. The molecule has 0 aliphatic rings. The van der Waals surface area contributed by atoms with Crippen LogP contribution in [0.1, 0.15) is 16.7 Å². The quantitative estimate of drug-likeness (QED) is 0.650. The number of anilines is 1. The van der Waals surface area contributed by atoms with Crippen LogP contribution in [0.2, 0.25) is 0 Å². The highest BCUT2D eigenvalue weighted by atomic mass is 19.4. The first-order valence-electron chi connectivity index (χ1n) is 5.98. The molecule has 0 aliphatic heterocycles. The standard InChI is InChI=1S/C15H13F3N2/c1-11-2-4-12(5-3-11)10-19-20-14-8-6-13(7-9-14)15(16,17)18/h2-10,20H,1H3. The van der Waals surface area contributed by atoms with E-state index in [1.54, 1.807) is 6.21 Å². The number of nitrogens with one attached hydrogen (secondary N) is 1. The fraction of sp³-hybridized carbons (Fsp3) is 0.133. The monoisotopic (exact) mass is 278 g/mol. The van der Waals surface area contributed by atoms with E-state index in [-0.39, 0.29) is 0 Å². The molecule has 0 atom stereocenters. The average molecular weight is 278 g/mol. The Kier molecular flexibility index (Phi) is 4.08. The van der Waals surface area contributed by atoms with Crippen LogP contribution < -0.4 is 5.43 Å². The van der Waals surface area contributed by atoms with Gasteiger partial charge in [0.15, 0.2) is 0 Å². The molecule has 2 rings (SSSR count). The number of hydrogen-bond acceptors (Lipinski definition) is 2. The van der Waals surface area contributed by atoms with Crippen LogP contribution >= 0.6 is 0 Å². The summed E-state index contributed by atoms with van der Waals surface area (Å²) in [6, 6.07) is 12.5. The molecule has 0 saturated carbocycles. The molecular formula is C15H13F3N2. The van der Waals surface area contributed by atoms with E-state index >= 15 is 0 Å². The summed E-state index contributed by atoms with van der Waals surface area (Å²) in [6.07, 6.45) is -2.71. The lowest BCUT2D eigenvalue weighted by Gasteiger charge is -2.07. The molecule has 20 heavy (non-hydrogen) atoms. The molecule has 0 saturated heterocycles. The minimum Gasteiger partial charge on any atom is -0.279 e. The first kappa shape index (κ1) is 14.1. The number of hydrogen-bond donors (Lipinski definition) is 1. The van der Waals surface area contributed by atoms with E-state index in [0.29, 0.717) is 5.69 Å². The Balaban J connectivity index is 1.99. The van der Waals surface area contributed by atoms with Gasteiger partial charge in [-0.15, -0.1) is 0 Å². The molecule has 0 aliphatic carbocycles. The summed E-state index contributed by atoms with van der Waals surface area (Å²) in [4.78, 5) is 0. The minimum absolute atomic E-state index is 0.501. The molecule has 0 bridgehead atoms. The van der Waals surface area contributed by atoms with Gasteiger partial charge in [0.1, 0.15) is 0 Å². The molecule has 104 valence electrons. The fourth-order valence-corrected chi connectivity index (χ4v) is 1.57. The third-order valence-corrected chi connectivity index (χ3v) is 2.70. The van der Waals surface area contributed by atoms with Gasteiger partial charge in [-0.3, -0.25) is 5.43 Å². The second kappa shape index (κ2) is 5.77. The maximum absolute atomic E-state index is 12.4. The molecule has 2 aromatic rings. The van der Waals surface area contributed by atoms with E-state index in [9.17, 15) is 13.2 Å². The van der Waals surface area contributed by atoms with Crippen molar-refractivity contribution in [3.05, 3.63) is 65.2 Å². The van der Waals surface area contributed by atoms with Gasteiger partial charge < -0.3 is 0 Å². The average Bonchev–Trinajstić information content (AvgIpc) is 2.41. The van der Waals surface area contributed by atoms with Crippen molar-refractivity contribution in [1.29, 1.82) is 0 Å². The second-order valence-corrected chi connectivity index (χ2v) is 4.36. The second-order valence-electron chi connectivity index (χ2n) is 4.36. The molecule has 2 nitrogen and oxygen atoms in total. The van der Waals surface area contributed by atoms with Crippen molar-refractivity contribution in [3.63, 3.8) is 0 Å². The number of hydrazone groups is 1. The van der Waals surface area contributed by atoms with E-state index in [1.165, 1.54) is 12.1 Å². The van der Waals surface area contributed by atoms with Crippen molar-refractivity contribution in [2.45, 2.75) is 13.1 Å². The first-order chi connectivity index (χ1) is 9.45. The summed E-state index contributed by atoms with van der Waals surface area (Å²) in [5.41, 5.74) is 4.58. The molecule has 0 radical (unpaired) electrons. The van der Waals surface area contributed by atoms with Crippen LogP contribution in [0.25, 0.3) is 0 Å². The van der Waals surface area contributed by atoms with E-state index in [2.05, 4.69) is 10.5 Å². The van der Waals surface area contributed by atoms with Crippen molar-refractivity contribution in [2.24, 2.45) is 5.10 Å². The maximum Gasteiger partial charge on any atom is 0.416 e. The van der Waals surface area contributed by atoms with Crippen molar-refractivity contribution in [3.8, 4) is 0 Å². The molecule has 0 unspecified atom stereocenters. The summed E-state index contributed by atoms with van der Waals surface area (Å²) in [6.45, 7) is 1.99. The molecular weight excluding hydrogens is 265 g/mol. The van der Waals surface area contributed by atoms with Crippen LogP contribution in [-0.2, 0) is 6.18 Å². The Morgan fingerprint density at radius 3 is 2.10 bits per heavy atom. The van der Waals surface area contributed by atoms with Gasteiger partial charge in [-0.25, -0.2) is 0 Å². The van der Waals surface area contributed by atoms with Gasteiger partial charge >= 0.3 is 6.18 Å². The Bertz CT molecular complexity index is 584. The first-order valence-corrected chi connectivity index (χ1v) is 5.98. The molecule has 0 heterocycles. The zero-order valence-corrected chi connectivity index (χ0v) is 10.8. The number of rotatable bonds is 3. The van der Waals surface area contributed by atoms with Gasteiger partial charge in [0.25, 0.3) is 0 Å². The Morgan fingerprint density at radius 2 is 1.55 bits per heavy atom. The van der Waals surface area contributed by atoms with E-state index in [1.807, 2.05) is 31.2 Å². The van der Waals surface area contributed by atoms with Crippen molar-refractivity contribution >= 4 is 11.9 Å². The van der Waals surface area contributed by atoms with Crippen LogP contribution in [0.5, 0.6) is 0 Å². The van der Waals surface area contributed by atoms with E-state index < -0.39 is 11.7 Å². The van der Waals surface area contributed by atoms with Gasteiger partial charge in [0.2, 0.25) is 0 Å². The predicted molar refractivity (Wildman–Crippen MR) is 73.8 cm³/mol. The zero-order valence-electron chi connectivity index (χ0n) is 10.8.